The summed E-state index contributed by atoms with van der Waals surface area (Å²) in [4.78, 5) is 18.6. The largest absolute Gasteiger partial charge is 0.383 e. The molecule has 0 radical (unpaired) electrons. The fourth-order valence-corrected chi connectivity index (χ4v) is 4.44. The molecule has 2 atom stereocenters. The average molecular weight is 451 g/mol. The number of rotatable bonds is 6. The van der Waals surface area contributed by atoms with E-state index in [-0.39, 0.29) is 23.2 Å². The molecule has 5 rings (SSSR count). The minimum absolute atomic E-state index is 0.118. The Morgan fingerprint density at radius 2 is 2.15 bits per heavy atom. The Labute approximate surface area is 189 Å². The summed E-state index contributed by atoms with van der Waals surface area (Å²) in [6.07, 6.45) is 6.18. The van der Waals surface area contributed by atoms with Crippen LogP contribution in [-0.2, 0) is 4.79 Å². The van der Waals surface area contributed by atoms with E-state index in [1.54, 1.807) is 6.20 Å². The number of benzene rings is 1. The number of nitrogen functional groups attached to an aromatic ring is 1. The van der Waals surface area contributed by atoms with Crippen molar-refractivity contribution in [3.8, 4) is 17.1 Å². The fraction of sp³-hybridized carbons (Fsp3) is 0.348. The predicted octanol–water partition coefficient (Wildman–Crippen LogP) is 3.04. The first-order valence-corrected chi connectivity index (χ1v) is 10.9. The van der Waals surface area contributed by atoms with Crippen LogP contribution in [0.5, 0.6) is 0 Å². The molecular formula is C23H23F2N7O. The lowest BCUT2D eigenvalue weighted by Crippen LogP contribution is -2.32. The summed E-state index contributed by atoms with van der Waals surface area (Å²) >= 11 is 0. The van der Waals surface area contributed by atoms with E-state index in [9.17, 15) is 13.6 Å². The highest BCUT2D eigenvalue weighted by atomic mass is 19.2. The van der Waals surface area contributed by atoms with Crippen molar-refractivity contribution in [2.75, 3.05) is 18.8 Å². The Morgan fingerprint density at radius 3 is 2.91 bits per heavy atom. The summed E-state index contributed by atoms with van der Waals surface area (Å²) in [6, 6.07) is 5.97. The number of pyridine rings is 1. The quantitative estimate of drug-likeness (QED) is 0.614. The van der Waals surface area contributed by atoms with Gasteiger partial charge >= 0.3 is 0 Å². The Morgan fingerprint density at radius 1 is 1.30 bits per heavy atom. The summed E-state index contributed by atoms with van der Waals surface area (Å²) in [7, 11) is 0. The first kappa shape index (κ1) is 21.3. The standard InChI is InChI=1S/C23H23F2N7O/c1-2-20(33)15-11-19(15)31-8-6-13(7-9-31)14-10-16(22(26)27-12-14)23-28-29-30-32(23)18-5-3-4-17(24)21(18)25/h3-6,10,12,15,19H,2,7-9,11H2,1H3,(H2,26,27). The second kappa shape index (κ2) is 8.43. The highest BCUT2D eigenvalue weighted by Gasteiger charge is 2.45. The van der Waals surface area contributed by atoms with Crippen LogP contribution >= 0.6 is 0 Å². The molecule has 1 fully saturated rings. The zero-order chi connectivity index (χ0) is 23.1. The molecule has 1 aliphatic heterocycles. The maximum Gasteiger partial charge on any atom is 0.190 e. The van der Waals surface area contributed by atoms with Gasteiger partial charge in [-0.15, -0.1) is 5.10 Å². The number of carbonyl (C=O) groups excluding carboxylic acids is 1. The molecule has 1 aliphatic carbocycles. The molecular weight excluding hydrogens is 428 g/mol. The molecule has 0 spiro atoms. The Bertz CT molecular complexity index is 1260. The van der Waals surface area contributed by atoms with Crippen LogP contribution in [0.2, 0.25) is 0 Å². The Balaban J connectivity index is 1.41. The average Bonchev–Trinajstić information content (AvgIpc) is 3.50. The Kier molecular flexibility index (Phi) is 5.45. The molecule has 170 valence electrons. The van der Waals surface area contributed by atoms with Crippen molar-refractivity contribution >= 4 is 17.2 Å². The van der Waals surface area contributed by atoms with E-state index in [0.717, 1.165) is 47.8 Å². The highest BCUT2D eigenvalue weighted by molar-refractivity contribution is 5.84. The number of tetrazole rings is 1. The fourth-order valence-electron chi connectivity index (χ4n) is 4.44. The van der Waals surface area contributed by atoms with E-state index in [0.29, 0.717) is 23.8 Å². The molecule has 2 N–H and O–H groups in total. The summed E-state index contributed by atoms with van der Waals surface area (Å²) < 4.78 is 29.2. The van der Waals surface area contributed by atoms with Crippen LogP contribution in [0.1, 0.15) is 31.7 Å². The second-order valence-corrected chi connectivity index (χ2v) is 8.35. The van der Waals surface area contributed by atoms with E-state index < -0.39 is 11.6 Å². The number of halogens is 2. The van der Waals surface area contributed by atoms with Crippen LogP contribution in [-0.4, -0.2) is 55.0 Å². The van der Waals surface area contributed by atoms with Gasteiger partial charge in [0.25, 0.3) is 0 Å². The van der Waals surface area contributed by atoms with Gasteiger partial charge in [-0.2, -0.15) is 4.68 Å². The monoisotopic (exact) mass is 451 g/mol. The summed E-state index contributed by atoms with van der Waals surface area (Å²) in [6.45, 7) is 3.53. The molecule has 10 heteroatoms. The number of nitrogens with zero attached hydrogens (tertiary/aromatic N) is 6. The van der Waals surface area contributed by atoms with Gasteiger partial charge in [-0.3, -0.25) is 9.69 Å². The number of anilines is 1. The third-order valence-electron chi connectivity index (χ3n) is 6.39. The number of carbonyl (C=O) groups is 1. The van der Waals surface area contributed by atoms with E-state index in [2.05, 4.69) is 31.5 Å². The van der Waals surface area contributed by atoms with Gasteiger partial charge in [0, 0.05) is 37.7 Å². The van der Waals surface area contributed by atoms with Gasteiger partial charge in [0.05, 0.1) is 5.56 Å². The van der Waals surface area contributed by atoms with E-state index in [4.69, 9.17) is 5.73 Å². The maximum atomic E-state index is 14.4. The summed E-state index contributed by atoms with van der Waals surface area (Å²) in [5, 5.41) is 11.5. The van der Waals surface area contributed by atoms with Gasteiger partial charge in [-0.25, -0.2) is 13.8 Å². The van der Waals surface area contributed by atoms with Crippen LogP contribution in [0.4, 0.5) is 14.6 Å². The van der Waals surface area contributed by atoms with Gasteiger partial charge in [0.1, 0.15) is 17.3 Å². The van der Waals surface area contributed by atoms with Crippen molar-refractivity contribution in [3.63, 3.8) is 0 Å². The normalized spacial score (nSPS) is 20.5. The van der Waals surface area contributed by atoms with Crippen molar-refractivity contribution in [1.29, 1.82) is 0 Å². The van der Waals surface area contributed by atoms with Gasteiger partial charge in [0.15, 0.2) is 17.5 Å². The molecule has 8 nitrogen and oxygen atoms in total. The molecule has 0 amide bonds. The Hall–Kier alpha value is -3.53. The minimum Gasteiger partial charge on any atom is -0.383 e. The first-order valence-electron chi connectivity index (χ1n) is 10.9. The van der Waals surface area contributed by atoms with Crippen molar-refractivity contribution in [2.45, 2.75) is 32.2 Å². The molecule has 2 unspecified atom stereocenters. The van der Waals surface area contributed by atoms with Crippen molar-refractivity contribution in [3.05, 3.63) is 53.7 Å². The third-order valence-corrected chi connectivity index (χ3v) is 6.39. The van der Waals surface area contributed by atoms with E-state index in [1.807, 2.05) is 13.0 Å². The van der Waals surface area contributed by atoms with E-state index >= 15 is 0 Å². The molecule has 2 aromatic heterocycles. The summed E-state index contributed by atoms with van der Waals surface area (Å²) in [5.41, 5.74) is 8.39. The number of nitrogens with two attached hydrogens (primary N) is 1. The SMILES string of the molecule is CCC(=O)C1CC1N1CC=C(c2cnc(N)c(-c3nnnn3-c3cccc(F)c3F)c2)CC1. The first-order chi connectivity index (χ1) is 16.0. The second-order valence-electron chi connectivity index (χ2n) is 8.35. The van der Waals surface area contributed by atoms with Crippen LogP contribution in [0.25, 0.3) is 22.6 Å². The zero-order valence-electron chi connectivity index (χ0n) is 18.1. The molecule has 33 heavy (non-hydrogen) atoms. The number of hydrogen-bond acceptors (Lipinski definition) is 7. The number of Topliss-reactive ketones (excluding diaryl/α,β-unsaturated/α-hetero) is 1. The van der Waals surface area contributed by atoms with Crippen molar-refractivity contribution in [2.24, 2.45) is 5.92 Å². The molecule has 0 bridgehead atoms. The van der Waals surface area contributed by atoms with Gasteiger partial charge in [0.2, 0.25) is 0 Å². The molecule has 3 aromatic rings. The van der Waals surface area contributed by atoms with Crippen LogP contribution in [0.3, 0.4) is 0 Å². The maximum absolute atomic E-state index is 14.4. The highest BCUT2D eigenvalue weighted by Crippen LogP contribution is 2.39. The summed E-state index contributed by atoms with van der Waals surface area (Å²) in [5.74, 6) is -1.17. The van der Waals surface area contributed by atoms with Crippen LogP contribution < -0.4 is 5.73 Å². The van der Waals surface area contributed by atoms with Crippen molar-refractivity contribution in [1.82, 2.24) is 30.1 Å². The molecule has 1 saturated carbocycles. The number of hydrogen-bond donors (Lipinski definition) is 1. The topological polar surface area (TPSA) is 103 Å². The molecule has 3 heterocycles. The predicted molar refractivity (Wildman–Crippen MR) is 118 cm³/mol. The molecule has 0 saturated heterocycles. The smallest absolute Gasteiger partial charge is 0.190 e. The van der Waals surface area contributed by atoms with Gasteiger partial charge in [-0.1, -0.05) is 19.1 Å². The third kappa shape index (κ3) is 3.91. The lowest BCUT2D eigenvalue weighted by molar-refractivity contribution is -0.120. The lowest BCUT2D eigenvalue weighted by Gasteiger charge is -2.27. The van der Waals surface area contributed by atoms with E-state index in [1.165, 1.54) is 12.1 Å². The number of ketones is 1. The number of aromatic nitrogens is 5. The van der Waals surface area contributed by atoms with Crippen LogP contribution in [0.15, 0.2) is 36.5 Å². The molecule has 1 aromatic carbocycles. The minimum atomic E-state index is -1.05. The van der Waals surface area contributed by atoms with Gasteiger partial charge < -0.3 is 5.73 Å². The zero-order valence-corrected chi connectivity index (χ0v) is 18.1. The molecule has 2 aliphatic rings. The van der Waals surface area contributed by atoms with Gasteiger partial charge in [-0.05, 0) is 52.6 Å². The van der Waals surface area contributed by atoms with Crippen molar-refractivity contribution < 1.29 is 13.6 Å². The lowest BCUT2D eigenvalue weighted by atomic mass is 9.99. The van der Waals surface area contributed by atoms with Crippen LogP contribution in [0, 0.1) is 17.6 Å².